The van der Waals surface area contributed by atoms with Gasteiger partial charge in [-0.05, 0) is 45.8 Å². The average Bonchev–Trinajstić information content (AvgIpc) is 3.01. The highest BCUT2D eigenvalue weighted by atomic mass is 16.5. The first-order chi connectivity index (χ1) is 24.1. The molecule has 4 N–H and O–H groups in total. The molecule has 0 unspecified atom stereocenters. The Kier molecular flexibility index (Phi) is 16.6. The molecule has 0 radical (unpaired) electrons. The van der Waals surface area contributed by atoms with Crippen LogP contribution >= 0.6 is 0 Å². The number of phenolic OH excluding ortho intramolecular Hbond substituents is 2. The molecule has 4 bridgehead atoms. The highest BCUT2D eigenvalue weighted by Crippen LogP contribution is 2.35. The number of carbonyl (C=O) groups is 1. The van der Waals surface area contributed by atoms with E-state index in [1.54, 1.807) is 0 Å². The molecular formula is C42H68N4O6. The SMILES string of the molecule is CCCN1Cc2cc(C(C)(C)C)cc(c2O)CNCC(C)(C)CN(CCC(=O)OC)Cc2cc(C(C)(C)C)cc(c2O)CNCC(C)(C)C1.O=C=O. The zero-order valence-corrected chi connectivity index (χ0v) is 34.2. The van der Waals surface area contributed by atoms with E-state index in [-0.39, 0.29) is 40.2 Å². The van der Waals surface area contributed by atoms with Gasteiger partial charge >= 0.3 is 12.1 Å². The molecular weight excluding hydrogens is 656 g/mol. The summed E-state index contributed by atoms with van der Waals surface area (Å²) in [5.74, 6) is 0.459. The van der Waals surface area contributed by atoms with Gasteiger partial charge in [-0.3, -0.25) is 14.6 Å². The van der Waals surface area contributed by atoms with Gasteiger partial charge in [-0.2, -0.15) is 9.59 Å². The highest BCUT2D eigenvalue weighted by Gasteiger charge is 2.28. The number of esters is 1. The predicted molar refractivity (Wildman–Crippen MR) is 207 cm³/mol. The Morgan fingerprint density at radius 2 is 1.12 bits per heavy atom. The summed E-state index contributed by atoms with van der Waals surface area (Å²) in [6, 6.07) is 8.64. The van der Waals surface area contributed by atoms with E-state index in [0.717, 1.165) is 48.3 Å². The molecule has 0 saturated carbocycles. The van der Waals surface area contributed by atoms with Gasteiger partial charge in [-0.1, -0.05) is 100 Å². The van der Waals surface area contributed by atoms with Crippen LogP contribution in [-0.2, 0) is 56.1 Å². The number of methoxy groups -OCH3 is 1. The van der Waals surface area contributed by atoms with Gasteiger partial charge < -0.3 is 25.6 Å². The summed E-state index contributed by atoms with van der Waals surface area (Å²) in [7, 11) is 1.43. The monoisotopic (exact) mass is 725 g/mol. The lowest BCUT2D eigenvalue weighted by atomic mass is 9.84. The molecule has 52 heavy (non-hydrogen) atoms. The lowest BCUT2D eigenvalue weighted by molar-refractivity contribution is -0.191. The maximum atomic E-state index is 12.3. The first kappa shape index (κ1) is 44.9. The van der Waals surface area contributed by atoms with E-state index in [2.05, 4.69) is 121 Å². The van der Waals surface area contributed by atoms with E-state index < -0.39 is 0 Å². The highest BCUT2D eigenvalue weighted by molar-refractivity contribution is 5.69. The van der Waals surface area contributed by atoms with Gasteiger partial charge in [0.25, 0.3) is 0 Å². The van der Waals surface area contributed by atoms with Crippen LogP contribution in [0.15, 0.2) is 24.3 Å². The number of hydrogen-bond acceptors (Lipinski definition) is 10. The smallest absolute Gasteiger partial charge is 0.373 e. The van der Waals surface area contributed by atoms with Gasteiger partial charge in [-0.25, -0.2) is 0 Å². The van der Waals surface area contributed by atoms with Crippen molar-refractivity contribution in [3.8, 4) is 11.5 Å². The van der Waals surface area contributed by atoms with Crippen molar-refractivity contribution in [1.82, 2.24) is 20.4 Å². The van der Waals surface area contributed by atoms with Gasteiger partial charge in [0.1, 0.15) is 11.5 Å². The van der Waals surface area contributed by atoms with Crippen molar-refractivity contribution in [2.45, 2.75) is 126 Å². The number of ether oxygens (including phenoxy) is 1. The Morgan fingerprint density at radius 1 is 0.750 bits per heavy atom. The predicted octanol–water partition coefficient (Wildman–Crippen LogP) is 6.63. The van der Waals surface area contributed by atoms with Crippen LogP contribution in [0.3, 0.4) is 0 Å². The van der Waals surface area contributed by atoms with E-state index in [9.17, 15) is 15.0 Å². The molecule has 0 fully saturated rings. The third-order valence-corrected chi connectivity index (χ3v) is 9.60. The second kappa shape index (κ2) is 19.2. The molecule has 1 aliphatic heterocycles. The van der Waals surface area contributed by atoms with Crippen molar-refractivity contribution in [2.75, 3.05) is 46.4 Å². The molecule has 0 atom stereocenters. The molecule has 2 aromatic rings. The van der Waals surface area contributed by atoms with Crippen molar-refractivity contribution in [2.24, 2.45) is 10.8 Å². The molecule has 0 aliphatic carbocycles. The summed E-state index contributed by atoms with van der Waals surface area (Å²) < 4.78 is 5.00. The fraction of sp³-hybridized carbons (Fsp3) is 0.667. The summed E-state index contributed by atoms with van der Waals surface area (Å²) in [4.78, 5) is 33.3. The first-order valence-electron chi connectivity index (χ1n) is 18.7. The van der Waals surface area contributed by atoms with Crippen LogP contribution < -0.4 is 10.6 Å². The standard InChI is InChI=1S/C41H68N4O4.CO2/c1-13-15-44-23-31-19-33(38(2,3)4)17-29(36(31)47)21-43-26-41(10,11)28-45(16-14-35(46)49-12)24-32-20-34(39(5,6)7)18-30(37(32)48)22-42-25-40(8,9)27-44;2-1-3/h17-20,42-43,47-48H,13-16,21-28H2,1-12H3;. The largest absolute Gasteiger partial charge is 0.507 e. The van der Waals surface area contributed by atoms with Crippen LogP contribution in [0.2, 0.25) is 0 Å². The lowest BCUT2D eigenvalue weighted by Crippen LogP contribution is -2.41. The van der Waals surface area contributed by atoms with Crippen molar-refractivity contribution in [1.29, 1.82) is 0 Å². The lowest BCUT2D eigenvalue weighted by Gasteiger charge is -2.35. The molecule has 1 heterocycles. The Morgan fingerprint density at radius 3 is 1.46 bits per heavy atom. The number of hydrogen-bond donors (Lipinski definition) is 4. The van der Waals surface area contributed by atoms with Crippen LogP contribution in [0.25, 0.3) is 0 Å². The quantitative estimate of drug-likeness (QED) is 0.249. The molecule has 0 aromatic heterocycles. The molecule has 2 aromatic carbocycles. The summed E-state index contributed by atoms with van der Waals surface area (Å²) in [6.45, 7) is 31.3. The summed E-state index contributed by atoms with van der Waals surface area (Å²) in [5.41, 5.74) is 5.66. The van der Waals surface area contributed by atoms with Crippen molar-refractivity contribution in [3.63, 3.8) is 0 Å². The number of rotatable bonds is 5. The normalized spacial score (nSPS) is 18.0. The van der Waals surface area contributed by atoms with E-state index in [0.29, 0.717) is 57.3 Å². The van der Waals surface area contributed by atoms with E-state index in [1.165, 1.54) is 18.2 Å². The van der Waals surface area contributed by atoms with Gasteiger partial charge in [-0.15, -0.1) is 0 Å². The second-order valence-corrected chi connectivity index (χ2v) is 18.2. The van der Waals surface area contributed by atoms with Crippen molar-refractivity contribution in [3.05, 3.63) is 57.6 Å². The molecule has 0 amide bonds. The number of aromatic hydroxyl groups is 2. The van der Waals surface area contributed by atoms with Gasteiger partial charge in [0.15, 0.2) is 0 Å². The van der Waals surface area contributed by atoms with Crippen molar-refractivity contribution >= 4 is 12.1 Å². The molecule has 1 aliphatic rings. The Balaban J connectivity index is 0.00000301. The number of phenols is 2. The van der Waals surface area contributed by atoms with E-state index >= 15 is 0 Å². The minimum Gasteiger partial charge on any atom is -0.507 e. The van der Waals surface area contributed by atoms with Crippen LogP contribution in [0.5, 0.6) is 11.5 Å². The minimum atomic E-state index is -0.245. The fourth-order valence-electron chi connectivity index (χ4n) is 6.87. The minimum absolute atomic E-state index is 0.0581. The zero-order chi connectivity index (χ0) is 39.5. The molecule has 10 nitrogen and oxygen atoms in total. The van der Waals surface area contributed by atoms with Crippen LogP contribution in [0.4, 0.5) is 0 Å². The van der Waals surface area contributed by atoms with Gasteiger partial charge in [0, 0.05) is 81.2 Å². The number of nitrogens with one attached hydrogen (secondary N) is 2. The Hall–Kier alpha value is -3.27. The average molecular weight is 725 g/mol. The van der Waals surface area contributed by atoms with E-state index in [4.69, 9.17) is 14.3 Å². The summed E-state index contributed by atoms with van der Waals surface area (Å²) in [6.07, 6.45) is 1.55. The number of benzene rings is 2. The molecule has 292 valence electrons. The van der Waals surface area contributed by atoms with Crippen LogP contribution in [-0.4, -0.2) is 78.5 Å². The maximum absolute atomic E-state index is 12.3. The Labute approximate surface area is 313 Å². The van der Waals surface area contributed by atoms with E-state index in [1.807, 2.05) is 0 Å². The molecule has 10 heteroatoms. The number of carbonyl (C=O) groups excluding carboxylic acids is 3. The second-order valence-electron chi connectivity index (χ2n) is 18.2. The Bertz CT molecular complexity index is 1500. The molecule has 3 rings (SSSR count). The van der Waals surface area contributed by atoms with Gasteiger partial charge in [0.2, 0.25) is 0 Å². The first-order valence-corrected chi connectivity index (χ1v) is 18.7. The fourth-order valence-corrected chi connectivity index (χ4v) is 6.87. The topological polar surface area (TPSA) is 131 Å². The zero-order valence-electron chi connectivity index (χ0n) is 34.2. The third kappa shape index (κ3) is 14.3. The summed E-state index contributed by atoms with van der Waals surface area (Å²) in [5, 5.41) is 30.7. The molecule has 0 spiro atoms. The third-order valence-electron chi connectivity index (χ3n) is 9.60. The van der Waals surface area contributed by atoms with Gasteiger partial charge in [0.05, 0.1) is 13.5 Å². The van der Waals surface area contributed by atoms with Crippen LogP contribution in [0, 0.1) is 10.8 Å². The molecule has 0 saturated heterocycles. The number of fused-ring (bicyclic) bond motifs is 4. The van der Waals surface area contributed by atoms with Crippen LogP contribution in [0.1, 0.15) is 122 Å². The number of nitrogens with zero attached hydrogens (tertiary/aromatic N) is 2. The summed E-state index contributed by atoms with van der Waals surface area (Å²) >= 11 is 0. The van der Waals surface area contributed by atoms with Crippen molar-refractivity contribution < 1.29 is 29.3 Å². The maximum Gasteiger partial charge on any atom is 0.373 e.